The van der Waals surface area contributed by atoms with Crippen LogP contribution in [0.2, 0.25) is 0 Å². The lowest BCUT2D eigenvalue weighted by atomic mass is 10.1. The lowest BCUT2D eigenvalue weighted by Gasteiger charge is -2.08. The minimum absolute atomic E-state index is 0.00520. The zero-order chi connectivity index (χ0) is 17.4. The van der Waals surface area contributed by atoms with Gasteiger partial charge in [-0.3, -0.25) is 4.79 Å². The maximum Gasteiger partial charge on any atom is 0.341 e. The van der Waals surface area contributed by atoms with E-state index in [2.05, 4.69) is 17.4 Å². The van der Waals surface area contributed by atoms with Crippen molar-refractivity contribution >= 4 is 28.2 Å². The van der Waals surface area contributed by atoms with Crippen molar-refractivity contribution in [2.24, 2.45) is 5.92 Å². The van der Waals surface area contributed by atoms with E-state index in [1.165, 1.54) is 10.4 Å². The molecule has 0 radical (unpaired) electrons. The molecule has 2 atom stereocenters. The van der Waals surface area contributed by atoms with Crippen LogP contribution in [0.3, 0.4) is 0 Å². The van der Waals surface area contributed by atoms with Gasteiger partial charge in [0.1, 0.15) is 5.00 Å². The molecule has 5 heteroatoms. The predicted molar refractivity (Wildman–Crippen MR) is 98.2 cm³/mol. The molecule has 1 heterocycles. The first kappa shape index (κ1) is 16.3. The van der Waals surface area contributed by atoms with Crippen molar-refractivity contribution in [3.8, 4) is 0 Å². The molecular formula is C20H21NO3S. The minimum Gasteiger partial charge on any atom is -0.462 e. The Morgan fingerprint density at radius 3 is 2.80 bits per heavy atom. The van der Waals surface area contributed by atoms with E-state index in [4.69, 9.17) is 4.74 Å². The lowest BCUT2D eigenvalue weighted by Crippen LogP contribution is -2.17. The van der Waals surface area contributed by atoms with Gasteiger partial charge in [0.05, 0.1) is 12.2 Å². The summed E-state index contributed by atoms with van der Waals surface area (Å²) in [6.45, 7) is 2.15. The van der Waals surface area contributed by atoms with E-state index in [0.29, 0.717) is 23.1 Å². The van der Waals surface area contributed by atoms with Crippen molar-refractivity contribution in [3.05, 3.63) is 51.9 Å². The van der Waals surface area contributed by atoms with Crippen molar-refractivity contribution in [1.82, 2.24) is 0 Å². The molecule has 4 nitrogen and oxygen atoms in total. The highest BCUT2D eigenvalue weighted by Crippen LogP contribution is 2.48. The molecule has 0 aliphatic heterocycles. The number of carbonyl (C=O) groups excluding carboxylic acids is 2. The van der Waals surface area contributed by atoms with Gasteiger partial charge in [0.15, 0.2) is 0 Å². The molecule has 2 aliphatic carbocycles. The maximum atomic E-state index is 12.7. The van der Waals surface area contributed by atoms with Crippen LogP contribution in [0.1, 0.15) is 52.0 Å². The summed E-state index contributed by atoms with van der Waals surface area (Å²) in [5.41, 5.74) is 2.88. The van der Waals surface area contributed by atoms with Crippen LogP contribution in [0.25, 0.3) is 0 Å². The summed E-state index contributed by atoms with van der Waals surface area (Å²) in [6.07, 6.45) is 3.82. The smallest absolute Gasteiger partial charge is 0.341 e. The van der Waals surface area contributed by atoms with Crippen molar-refractivity contribution in [1.29, 1.82) is 0 Å². The highest BCUT2D eigenvalue weighted by Gasteiger charge is 2.44. The molecule has 25 heavy (non-hydrogen) atoms. The summed E-state index contributed by atoms with van der Waals surface area (Å²) in [5, 5.41) is 3.69. The quantitative estimate of drug-likeness (QED) is 0.820. The third kappa shape index (κ3) is 3.09. The molecule has 1 aromatic heterocycles. The van der Waals surface area contributed by atoms with Crippen LogP contribution >= 0.6 is 11.3 Å². The molecule has 0 saturated heterocycles. The third-order valence-electron chi connectivity index (χ3n) is 4.99. The van der Waals surface area contributed by atoms with Crippen LogP contribution in [-0.2, 0) is 22.4 Å². The van der Waals surface area contributed by atoms with E-state index in [-0.39, 0.29) is 17.8 Å². The number of ether oxygens (including phenoxy) is 1. The Bertz CT molecular complexity index is 812. The van der Waals surface area contributed by atoms with Gasteiger partial charge in [-0.1, -0.05) is 30.3 Å². The number of thiophene rings is 1. The van der Waals surface area contributed by atoms with Gasteiger partial charge in [0.25, 0.3) is 0 Å². The summed E-state index contributed by atoms with van der Waals surface area (Å²) >= 11 is 1.54. The van der Waals surface area contributed by atoms with E-state index in [9.17, 15) is 9.59 Å². The first-order valence-corrected chi connectivity index (χ1v) is 9.68. The largest absolute Gasteiger partial charge is 0.462 e. The highest BCUT2D eigenvalue weighted by atomic mass is 32.1. The SMILES string of the molecule is CCOC(=O)c1c(NC(=O)C2CC2c2ccccc2)sc2c1CCC2. The van der Waals surface area contributed by atoms with E-state index < -0.39 is 0 Å². The summed E-state index contributed by atoms with van der Waals surface area (Å²) in [5.74, 6) is -0.0135. The number of esters is 1. The van der Waals surface area contributed by atoms with Crippen LogP contribution in [0.4, 0.5) is 5.00 Å². The molecule has 1 N–H and O–H groups in total. The third-order valence-corrected chi connectivity index (χ3v) is 6.20. The summed E-state index contributed by atoms with van der Waals surface area (Å²) in [6, 6.07) is 10.1. The van der Waals surface area contributed by atoms with Gasteiger partial charge < -0.3 is 10.1 Å². The first-order chi connectivity index (χ1) is 12.2. The van der Waals surface area contributed by atoms with Gasteiger partial charge in [-0.2, -0.15) is 0 Å². The van der Waals surface area contributed by atoms with Crippen LogP contribution in [-0.4, -0.2) is 18.5 Å². The van der Waals surface area contributed by atoms with Crippen molar-refractivity contribution in [3.63, 3.8) is 0 Å². The van der Waals surface area contributed by atoms with Crippen LogP contribution < -0.4 is 5.32 Å². The monoisotopic (exact) mass is 355 g/mol. The Balaban J connectivity index is 1.52. The van der Waals surface area contributed by atoms with Crippen molar-refractivity contribution in [2.75, 3.05) is 11.9 Å². The number of hydrogen-bond acceptors (Lipinski definition) is 4. The number of rotatable bonds is 5. The molecule has 2 aliphatic rings. The lowest BCUT2D eigenvalue weighted by molar-refractivity contribution is -0.117. The summed E-state index contributed by atoms with van der Waals surface area (Å²) in [4.78, 5) is 26.3. The normalized spacial score (nSPS) is 20.8. The Hall–Kier alpha value is -2.14. The number of fused-ring (bicyclic) bond motifs is 1. The second-order valence-electron chi connectivity index (χ2n) is 6.63. The molecule has 0 spiro atoms. The average molecular weight is 355 g/mol. The highest BCUT2D eigenvalue weighted by molar-refractivity contribution is 7.17. The van der Waals surface area contributed by atoms with Crippen LogP contribution in [0.15, 0.2) is 30.3 Å². The van der Waals surface area contributed by atoms with Gasteiger partial charge in [-0.15, -0.1) is 11.3 Å². The number of hydrogen-bond donors (Lipinski definition) is 1. The Morgan fingerprint density at radius 2 is 2.04 bits per heavy atom. The summed E-state index contributed by atoms with van der Waals surface area (Å²) < 4.78 is 5.22. The molecule has 1 fully saturated rings. The number of nitrogens with one attached hydrogen (secondary N) is 1. The fraction of sp³-hybridized carbons (Fsp3) is 0.400. The van der Waals surface area contributed by atoms with Crippen LogP contribution in [0, 0.1) is 5.92 Å². The topological polar surface area (TPSA) is 55.4 Å². The number of carbonyl (C=O) groups is 2. The molecular weight excluding hydrogens is 334 g/mol. The fourth-order valence-corrected chi connectivity index (χ4v) is 4.95. The van der Waals surface area contributed by atoms with E-state index >= 15 is 0 Å². The van der Waals surface area contributed by atoms with Gasteiger partial charge in [0, 0.05) is 10.8 Å². The fourth-order valence-electron chi connectivity index (χ4n) is 3.67. The Labute approximate surface area is 151 Å². The standard InChI is InChI=1S/C20H21NO3S/c1-2-24-20(23)17-13-9-6-10-16(13)25-19(17)21-18(22)15-11-14(15)12-7-4-3-5-8-12/h3-5,7-8,14-15H,2,6,9-11H2,1H3,(H,21,22). The van der Waals surface area contributed by atoms with Gasteiger partial charge in [0.2, 0.25) is 5.91 Å². The Kier molecular flexibility index (Phi) is 4.34. The Morgan fingerprint density at radius 1 is 1.24 bits per heavy atom. The number of anilines is 1. The van der Waals surface area contributed by atoms with E-state index in [1.54, 1.807) is 18.3 Å². The average Bonchev–Trinajstić information content (AvgIpc) is 3.18. The first-order valence-electron chi connectivity index (χ1n) is 8.86. The number of benzene rings is 1. The second kappa shape index (κ2) is 6.64. The van der Waals surface area contributed by atoms with Crippen molar-refractivity contribution < 1.29 is 14.3 Å². The molecule has 1 amide bonds. The predicted octanol–water partition coefficient (Wildman–Crippen LogP) is 4.16. The van der Waals surface area contributed by atoms with Crippen LogP contribution in [0.5, 0.6) is 0 Å². The number of aryl methyl sites for hydroxylation is 1. The zero-order valence-electron chi connectivity index (χ0n) is 14.2. The van der Waals surface area contributed by atoms with Gasteiger partial charge in [-0.05, 0) is 49.7 Å². The minimum atomic E-state index is -0.312. The molecule has 130 valence electrons. The molecule has 2 unspecified atom stereocenters. The zero-order valence-corrected chi connectivity index (χ0v) is 15.0. The van der Waals surface area contributed by atoms with Gasteiger partial charge in [-0.25, -0.2) is 4.79 Å². The van der Waals surface area contributed by atoms with Crippen molar-refractivity contribution in [2.45, 2.75) is 38.5 Å². The second-order valence-corrected chi connectivity index (χ2v) is 7.74. The maximum absolute atomic E-state index is 12.7. The van der Waals surface area contributed by atoms with E-state index in [0.717, 1.165) is 31.2 Å². The molecule has 1 aromatic carbocycles. The molecule has 1 saturated carbocycles. The van der Waals surface area contributed by atoms with E-state index in [1.807, 2.05) is 18.2 Å². The summed E-state index contributed by atoms with van der Waals surface area (Å²) in [7, 11) is 0. The number of amides is 1. The molecule has 2 aromatic rings. The molecule has 4 rings (SSSR count). The van der Waals surface area contributed by atoms with Gasteiger partial charge >= 0.3 is 5.97 Å². The molecule has 0 bridgehead atoms.